The standard InChI is InChI=1S/C12H16ClN/c1-2-9-6-7-10-4-3-5-12(14-13)11(10)8-9/h6-8,12,14H,2-5H2,1H3. The first-order valence-electron chi connectivity index (χ1n) is 5.33. The van der Waals surface area contributed by atoms with E-state index in [9.17, 15) is 0 Å². The minimum absolute atomic E-state index is 0.354. The second-order valence-corrected chi connectivity index (χ2v) is 4.16. The Bertz CT molecular complexity index is 322. The molecule has 0 amide bonds. The Morgan fingerprint density at radius 1 is 1.50 bits per heavy atom. The summed E-state index contributed by atoms with van der Waals surface area (Å²) in [5.41, 5.74) is 4.28. The van der Waals surface area contributed by atoms with Crippen molar-refractivity contribution in [3.05, 3.63) is 34.9 Å². The van der Waals surface area contributed by atoms with Crippen LogP contribution in [0, 0.1) is 0 Å². The molecule has 0 saturated heterocycles. The molecule has 0 fully saturated rings. The van der Waals surface area contributed by atoms with Crippen LogP contribution in [-0.2, 0) is 12.8 Å². The molecule has 1 aliphatic rings. The first kappa shape index (κ1) is 10.0. The van der Waals surface area contributed by atoms with Crippen molar-refractivity contribution in [2.24, 2.45) is 0 Å². The van der Waals surface area contributed by atoms with Crippen LogP contribution in [0.3, 0.4) is 0 Å². The quantitative estimate of drug-likeness (QED) is 0.737. The summed E-state index contributed by atoms with van der Waals surface area (Å²) in [5, 5.41) is 0. The minimum Gasteiger partial charge on any atom is -0.226 e. The van der Waals surface area contributed by atoms with Crippen LogP contribution in [0.2, 0.25) is 0 Å². The van der Waals surface area contributed by atoms with Crippen molar-refractivity contribution in [3.8, 4) is 0 Å². The molecule has 1 atom stereocenters. The molecule has 14 heavy (non-hydrogen) atoms. The van der Waals surface area contributed by atoms with Gasteiger partial charge < -0.3 is 0 Å². The normalized spacial score (nSPS) is 20.6. The summed E-state index contributed by atoms with van der Waals surface area (Å²) < 4.78 is 0. The molecule has 0 spiro atoms. The first-order valence-corrected chi connectivity index (χ1v) is 5.70. The number of nitrogens with one attached hydrogen (secondary N) is 1. The monoisotopic (exact) mass is 209 g/mol. The van der Waals surface area contributed by atoms with Gasteiger partial charge in [-0.15, -0.1) is 0 Å². The van der Waals surface area contributed by atoms with Crippen molar-refractivity contribution in [1.29, 1.82) is 0 Å². The molecular weight excluding hydrogens is 194 g/mol. The maximum absolute atomic E-state index is 5.75. The van der Waals surface area contributed by atoms with Gasteiger partial charge >= 0.3 is 0 Å². The molecule has 0 bridgehead atoms. The summed E-state index contributed by atoms with van der Waals surface area (Å²) in [4.78, 5) is 2.88. The average Bonchev–Trinajstić information content (AvgIpc) is 2.27. The van der Waals surface area contributed by atoms with Crippen LogP contribution in [0.4, 0.5) is 0 Å². The molecular formula is C12H16ClN. The average molecular weight is 210 g/mol. The first-order chi connectivity index (χ1) is 6.85. The fraction of sp³-hybridized carbons (Fsp3) is 0.500. The number of halogens is 1. The summed E-state index contributed by atoms with van der Waals surface area (Å²) in [6, 6.07) is 7.14. The molecule has 2 heteroatoms. The van der Waals surface area contributed by atoms with Crippen molar-refractivity contribution in [3.63, 3.8) is 0 Å². The highest BCUT2D eigenvalue weighted by atomic mass is 35.5. The number of rotatable bonds is 2. The molecule has 76 valence electrons. The van der Waals surface area contributed by atoms with Gasteiger partial charge in [-0.3, -0.25) is 0 Å². The van der Waals surface area contributed by atoms with E-state index in [1.807, 2.05) is 0 Å². The molecule has 0 aliphatic heterocycles. The summed E-state index contributed by atoms with van der Waals surface area (Å²) >= 11 is 5.75. The Hall–Kier alpha value is -0.530. The topological polar surface area (TPSA) is 12.0 Å². The molecule has 1 N–H and O–H groups in total. The largest absolute Gasteiger partial charge is 0.226 e. The molecule has 1 nitrogen and oxygen atoms in total. The fourth-order valence-electron chi connectivity index (χ4n) is 2.18. The second-order valence-electron chi connectivity index (χ2n) is 3.94. The van der Waals surface area contributed by atoms with E-state index in [0.29, 0.717) is 6.04 Å². The summed E-state index contributed by atoms with van der Waals surface area (Å²) in [7, 11) is 0. The Balaban J connectivity index is 2.38. The molecule has 2 rings (SSSR count). The second kappa shape index (κ2) is 4.33. The van der Waals surface area contributed by atoms with Crippen LogP contribution in [0.15, 0.2) is 18.2 Å². The van der Waals surface area contributed by atoms with Crippen molar-refractivity contribution in [2.75, 3.05) is 0 Å². The van der Waals surface area contributed by atoms with Crippen molar-refractivity contribution < 1.29 is 0 Å². The third kappa shape index (κ3) is 1.79. The van der Waals surface area contributed by atoms with Crippen LogP contribution in [0.25, 0.3) is 0 Å². The lowest BCUT2D eigenvalue weighted by Gasteiger charge is -2.24. The van der Waals surface area contributed by atoms with Crippen molar-refractivity contribution in [2.45, 2.75) is 38.6 Å². The van der Waals surface area contributed by atoms with E-state index in [2.05, 4.69) is 30.0 Å². The van der Waals surface area contributed by atoms with E-state index in [4.69, 9.17) is 11.8 Å². The van der Waals surface area contributed by atoms with Gasteiger partial charge in [-0.1, -0.05) is 25.1 Å². The van der Waals surface area contributed by atoms with E-state index < -0.39 is 0 Å². The highest BCUT2D eigenvalue weighted by Crippen LogP contribution is 2.30. The molecule has 0 saturated carbocycles. The Kier molecular flexibility index (Phi) is 3.09. The maximum atomic E-state index is 5.75. The van der Waals surface area contributed by atoms with Gasteiger partial charge in [-0.05, 0) is 54.2 Å². The van der Waals surface area contributed by atoms with Crippen LogP contribution in [0.5, 0.6) is 0 Å². The zero-order valence-electron chi connectivity index (χ0n) is 8.52. The van der Waals surface area contributed by atoms with E-state index in [-0.39, 0.29) is 0 Å². The number of aryl methyl sites for hydroxylation is 2. The minimum atomic E-state index is 0.354. The van der Waals surface area contributed by atoms with Crippen LogP contribution in [-0.4, -0.2) is 0 Å². The zero-order valence-corrected chi connectivity index (χ0v) is 9.27. The van der Waals surface area contributed by atoms with Gasteiger partial charge in [-0.25, -0.2) is 4.84 Å². The Morgan fingerprint density at radius 2 is 2.36 bits per heavy atom. The third-order valence-electron chi connectivity index (χ3n) is 3.06. The number of fused-ring (bicyclic) bond motifs is 1. The molecule has 1 aliphatic carbocycles. The Morgan fingerprint density at radius 3 is 3.07 bits per heavy atom. The fourth-order valence-corrected chi connectivity index (χ4v) is 2.41. The highest BCUT2D eigenvalue weighted by Gasteiger charge is 2.19. The SMILES string of the molecule is CCc1ccc2c(c1)C(NCl)CCC2. The molecule has 0 heterocycles. The van der Waals surface area contributed by atoms with E-state index in [1.165, 1.54) is 29.5 Å². The maximum Gasteiger partial charge on any atom is 0.0473 e. The van der Waals surface area contributed by atoms with Gasteiger partial charge in [0.15, 0.2) is 0 Å². The van der Waals surface area contributed by atoms with E-state index in [0.717, 1.165) is 12.8 Å². The van der Waals surface area contributed by atoms with Gasteiger partial charge in [0.2, 0.25) is 0 Å². The summed E-state index contributed by atoms with van der Waals surface area (Å²) in [6.07, 6.45) is 4.70. The van der Waals surface area contributed by atoms with E-state index in [1.54, 1.807) is 0 Å². The predicted molar refractivity (Wildman–Crippen MR) is 60.5 cm³/mol. The van der Waals surface area contributed by atoms with Gasteiger partial charge in [0, 0.05) is 6.04 Å². The van der Waals surface area contributed by atoms with Crippen LogP contribution >= 0.6 is 11.8 Å². The van der Waals surface area contributed by atoms with Crippen LogP contribution in [0.1, 0.15) is 42.5 Å². The van der Waals surface area contributed by atoms with Gasteiger partial charge in [0.1, 0.15) is 0 Å². The molecule has 1 unspecified atom stereocenters. The highest BCUT2D eigenvalue weighted by molar-refractivity contribution is 6.13. The van der Waals surface area contributed by atoms with Gasteiger partial charge in [-0.2, -0.15) is 0 Å². The van der Waals surface area contributed by atoms with Crippen LogP contribution < -0.4 is 4.84 Å². The molecule has 1 aromatic rings. The lowest BCUT2D eigenvalue weighted by atomic mass is 9.87. The van der Waals surface area contributed by atoms with Crippen molar-refractivity contribution in [1.82, 2.24) is 4.84 Å². The Labute approximate surface area is 90.6 Å². The van der Waals surface area contributed by atoms with Gasteiger partial charge in [0.25, 0.3) is 0 Å². The van der Waals surface area contributed by atoms with Crippen molar-refractivity contribution >= 4 is 11.8 Å². The number of hydrogen-bond acceptors (Lipinski definition) is 1. The third-order valence-corrected chi connectivity index (χ3v) is 3.33. The smallest absolute Gasteiger partial charge is 0.0473 e. The number of hydrogen-bond donors (Lipinski definition) is 1. The summed E-state index contributed by atoms with van der Waals surface area (Å²) in [5.74, 6) is 0. The molecule has 1 aromatic carbocycles. The van der Waals surface area contributed by atoms with E-state index >= 15 is 0 Å². The predicted octanol–water partition coefficient (Wildman–Crippen LogP) is 3.37. The zero-order chi connectivity index (χ0) is 9.97. The van der Waals surface area contributed by atoms with Gasteiger partial charge in [0.05, 0.1) is 0 Å². The molecule has 0 radical (unpaired) electrons. The number of benzene rings is 1. The lowest BCUT2D eigenvalue weighted by Crippen LogP contribution is -2.18. The molecule has 0 aromatic heterocycles. The summed E-state index contributed by atoms with van der Waals surface area (Å²) in [6.45, 7) is 2.19. The lowest BCUT2D eigenvalue weighted by molar-refractivity contribution is 0.538.